The maximum Gasteiger partial charge on any atom is 0.126 e. The third-order valence-corrected chi connectivity index (χ3v) is 3.51. The van der Waals surface area contributed by atoms with Crippen molar-refractivity contribution in [3.05, 3.63) is 24.3 Å². The first kappa shape index (κ1) is 11.5. The minimum atomic E-state index is -1.03. The Labute approximate surface area is 95.4 Å². The summed E-state index contributed by atoms with van der Waals surface area (Å²) < 4.78 is 0. The van der Waals surface area contributed by atoms with Crippen LogP contribution in [0.25, 0.3) is 0 Å². The number of aliphatic hydroxyl groups excluding tert-OH is 1. The molecule has 0 radical (unpaired) electrons. The summed E-state index contributed by atoms with van der Waals surface area (Å²) >= 11 is 0. The molecular weight excluding hydrogens is 204 g/mol. The maximum absolute atomic E-state index is 10.4. The van der Waals surface area contributed by atoms with Gasteiger partial charge in [0.2, 0.25) is 0 Å². The monoisotopic (exact) mass is 222 g/mol. The van der Waals surface area contributed by atoms with Crippen LogP contribution in [0.5, 0.6) is 0 Å². The molecule has 2 N–H and O–H groups in total. The van der Waals surface area contributed by atoms with Crippen LogP contribution in [0, 0.1) is 5.92 Å². The summed E-state index contributed by atoms with van der Waals surface area (Å²) in [7, 11) is 0. The van der Waals surface area contributed by atoms with E-state index >= 15 is 0 Å². The molecule has 1 aliphatic rings. The molecule has 0 bridgehead atoms. The molecule has 1 aliphatic carbocycles. The van der Waals surface area contributed by atoms with Crippen LogP contribution in [0.2, 0.25) is 0 Å². The number of aromatic nitrogens is 2. The van der Waals surface area contributed by atoms with Gasteiger partial charge in [0.15, 0.2) is 0 Å². The SMILES string of the molecule is CC1CCC(O)(C(O)c2cnccn2)CC1. The molecule has 0 amide bonds. The van der Waals surface area contributed by atoms with Crippen LogP contribution in [0.15, 0.2) is 18.6 Å². The second kappa shape index (κ2) is 4.47. The van der Waals surface area contributed by atoms with E-state index in [4.69, 9.17) is 0 Å². The predicted octanol–water partition coefficient (Wildman–Crippen LogP) is 1.45. The Balaban J connectivity index is 2.12. The Bertz CT molecular complexity index is 334. The minimum Gasteiger partial charge on any atom is -0.387 e. The third kappa shape index (κ3) is 2.23. The van der Waals surface area contributed by atoms with Crippen LogP contribution in [-0.4, -0.2) is 25.8 Å². The van der Waals surface area contributed by atoms with Crippen molar-refractivity contribution in [2.75, 3.05) is 0 Å². The lowest BCUT2D eigenvalue weighted by atomic mass is 9.76. The minimum absolute atomic E-state index is 0.458. The Morgan fingerprint density at radius 1 is 1.38 bits per heavy atom. The molecule has 1 aromatic rings. The average Bonchev–Trinajstić information content (AvgIpc) is 2.33. The Kier molecular flexibility index (Phi) is 3.21. The zero-order valence-electron chi connectivity index (χ0n) is 9.50. The van der Waals surface area contributed by atoms with E-state index in [-0.39, 0.29) is 0 Å². The van der Waals surface area contributed by atoms with Gasteiger partial charge in [0.25, 0.3) is 0 Å². The summed E-state index contributed by atoms with van der Waals surface area (Å²) in [6, 6.07) is 0. The van der Waals surface area contributed by atoms with Gasteiger partial charge in [-0.25, -0.2) is 0 Å². The molecule has 1 unspecified atom stereocenters. The van der Waals surface area contributed by atoms with Gasteiger partial charge in [0.1, 0.15) is 6.10 Å². The van der Waals surface area contributed by atoms with Gasteiger partial charge in [-0.05, 0) is 31.6 Å². The summed E-state index contributed by atoms with van der Waals surface area (Å²) in [5, 5.41) is 20.5. The molecule has 0 spiro atoms. The number of nitrogens with zero attached hydrogens (tertiary/aromatic N) is 2. The second-order valence-corrected chi connectivity index (χ2v) is 4.82. The summed E-state index contributed by atoms with van der Waals surface area (Å²) in [6.45, 7) is 2.17. The van der Waals surface area contributed by atoms with E-state index in [2.05, 4.69) is 16.9 Å². The maximum atomic E-state index is 10.4. The van der Waals surface area contributed by atoms with E-state index in [9.17, 15) is 10.2 Å². The number of rotatable bonds is 2. The zero-order chi connectivity index (χ0) is 11.6. The van der Waals surface area contributed by atoms with E-state index in [1.807, 2.05) is 0 Å². The van der Waals surface area contributed by atoms with Gasteiger partial charge in [-0.2, -0.15) is 0 Å². The smallest absolute Gasteiger partial charge is 0.126 e. The van der Waals surface area contributed by atoms with Crippen molar-refractivity contribution in [2.24, 2.45) is 5.92 Å². The average molecular weight is 222 g/mol. The highest BCUT2D eigenvalue weighted by atomic mass is 16.3. The van der Waals surface area contributed by atoms with Crippen molar-refractivity contribution < 1.29 is 10.2 Å². The lowest BCUT2D eigenvalue weighted by Crippen LogP contribution is -2.40. The topological polar surface area (TPSA) is 66.2 Å². The quantitative estimate of drug-likeness (QED) is 0.795. The molecule has 0 saturated heterocycles. The molecule has 1 saturated carbocycles. The van der Waals surface area contributed by atoms with E-state index in [1.54, 1.807) is 6.20 Å². The highest BCUT2D eigenvalue weighted by molar-refractivity contribution is 5.07. The van der Waals surface area contributed by atoms with Crippen molar-refractivity contribution in [3.8, 4) is 0 Å². The lowest BCUT2D eigenvalue weighted by Gasteiger charge is -2.38. The van der Waals surface area contributed by atoms with E-state index in [0.717, 1.165) is 12.8 Å². The normalized spacial score (nSPS) is 32.3. The van der Waals surface area contributed by atoms with Crippen molar-refractivity contribution >= 4 is 0 Å². The zero-order valence-corrected chi connectivity index (χ0v) is 9.50. The predicted molar refractivity (Wildman–Crippen MR) is 59.6 cm³/mol. The molecule has 16 heavy (non-hydrogen) atoms. The highest BCUT2D eigenvalue weighted by Crippen LogP contribution is 2.39. The van der Waals surface area contributed by atoms with E-state index in [0.29, 0.717) is 24.5 Å². The van der Waals surface area contributed by atoms with Gasteiger partial charge in [-0.15, -0.1) is 0 Å². The lowest BCUT2D eigenvalue weighted by molar-refractivity contribution is -0.107. The van der Waals surface area contributed by atoms with Crippen molar-refractivity contribution in [1.29, 1.82) is 0 Å². The number of aliphatic hydroxyl groups is 2. The molecule has 0 aromatic carbocycles. The molecular formula is C12H18N2O2. The molecule has 4 heteroatoms. The van der Waals surface area contributed by atoms with Crippen LogP contribution in [0.4, 0.5) is 0 Å². The molecule has 1 fully saturated rings. The van der Waals surface area contributed by atoms with Crippen LogP contribution in [0.3, 0.4) is 0 Å². The number of hydrogen-bond donors (Lipinski definition) is 2. The number of hydrogen-bond acceptors (Lipinski definition) is 4. The van der Waals surface area contributed by atoms with Crippen molar-refractivity contribution in [3.63, 3.8) is 0 Å². The van der Waals surface area contributed by atoms with Gasteiger partial charge in [-0.1, -0.05) is 6.92 Å². The molecule has 0 aliphatic heterocycles. The first-order valence-corrected chi connectivity index (χ1v) is 5.78. The molecule has 1 aromatic heterocycles. The largest absolute Gasteiger partial charge is 0.387 e. The first-order valence-electron chi connectivity index (χ1n) is 5.78. The third-order valence-electron chi connectivity index (χ3n) is 3.51. The van der Waals surface area contributed by atoms with Crippen LogP contribution >= 0.6 is 0 Å². The molecule has 4 nitrogen and oxygen atoms in total. The molecule has 1 atom stereocenters. The highest BCUT2D eigenvalue weighted by Gasteiger charge is 2.40. The van der Waals surface area contributed by atoms with Crippen LogP contribution < -0.4 is 0 Å². The summed E-state index contributed by atoms with van der Waals surface area (Å²) in [6.07, 6.45) is 6.85. The van der Waals surface area contributed by atoms with Gasteiger partial charge in [0, 0.05) is 12.4 Å². The molecule has 2 rings (SSSR count). The first-order chi connectivity index (χ1) is 7.62. The fourth-order valence-electron chi connectivity index (χ4n) is 2.26. The van der Waals surface area contributed by atoms with Crippen LogP contribution in [0.1, 0.15) is 44.4 Å². The standard InChI is InChI=1S/C12H18N2O2/c1-9-2-4-12(16,5-3-9)11(15)10-8-13-6-7-14-10/h6-9,11,15-16H,2-5H2,1H3. The summed E-state index contributed by atoms with van der Waals surface area (Å²) in [5.74, 6) is 0.634. The van der Waals surface area contributed by atoms with Crippen molar-refractivity contribution in [2.45, 2.75) is 44.3 Å². The second-order valence-electron chi connectivity index (χ2n) is 4.82. The Morgan fingerprint density at radius 2 is 2.06 bits per heavy atom. The summed E-state index contributed by atoms with van der Waals surface area (Å²) in [4.78, 5) is 7.96. The fourth-order valence-corrected chi connectivity index (χ4v) is 2.26. The molecule has 88 valence electrons. The van der Waals surface area contributed by atoms with E-state index < -0.39 is 11.7 Å². The van der Waals surface area contributed by atoms with Gasteiger partial charge in [-0.3, -0.25) is 9.97 Å². The fraction of sp³-hybridized carbons (Fsp3) is 0.667. The van der Waals surface area contributed by atoms with Gasteiger partial charge < -0.3 is 10.2 Å². The Hall–Kier alpha value is -1.00. The van der Waals surface area contributed by atoms with Crippen molar-refractivity contribution in [1.82, 2.24) is 9.97 Å². The van der Waals surface area contributed by atoms with E-state index in [1.165, 1.54) is 12.4 Å². The summed E-state index contributed by atoms with van der Waals surface area (Å²) in [5.41, 5.74) is -0.567. The van der Waals surface area contributed by atoms with Crippen LogP contribution in [-0.2, 0) is 0 Å². The Morgan fingerprint density at radius 3 is 2.62 bits per heavy atom. The van der Waals surface area contributed by atoms with Gasteiger partial charge >= 0.3 is 0 Å². The van der Waals surface area contributed by atoms with Gasteiger partial charge in [0.05, 0.1) is 17.5 Å². The molecule has 1 heterocycles.